The molecule has 2 saturated carbocycles. The standard InChI is InChI=1S/C12H22/c1-8-5-6-12(4)10(3)7-9(2)11(8)12/h8-11H,5-7H2,1-4H3. The maximum absolute atomic E-state index is 2.54. The molecule has 2 rings (SSSR count). The summed E-state index contributed by atoms with van der Waals surface area (Å²) in [6.07, 6.45) is 4.45. The third-order valence-corrected chi connectivity index (χ3v) is 4.98. The normalized spacial score (nSPS) is 59.0. The summed E-state index contributed by atoms with van der Waals surface area (Å²) in [6, 6.07) is 0. The maximum Gasteiger partial charge on any atom is -0.0267 e. The molecule has 12 heavy (non-hydrogen) atoms. The molecule has 0 bridgehead atoms. The van der Waals surface area contributed by atoms with E-state index in [4.69, 9.17) is 0 Å². The van der Waals surface area contributed by atoms with Crippen LogP contribution >= 0.6 is 0 Å². The van der Waals surface area contributed by atoms with Gasteiger partial charge in [-0.05, 0) is 48.3 Å². The molecule has 70 valence electrons. The molecule has 2 aliphatic rings. The Morgan fingerprint density at radius 2 is 1.75 bits per heavy atom. The van der Waals surface area contributed by atoms with Gasteiger partial charge in [0.15, 0.2) is 0 Å². The molecule has 0 heterocycles. The van der Waals surface area contributed by atoms with Gasteiger partial charge in [-0.2, -0.15) is 0 Å². The molecule has 0 aromatic rings. The van der Waals surface area contributed by atoms with Crippen molar-refractivity contribution >= 4 is 0 Å². The molecule has 0 aromatic heterocycles. The first-order valence-electron chi connectivity index (χ1n) is 5.55. The molecule has 0 heteroatoms. The Hall–Kier alpha value is 0. The molecule has 0 N–H and O–H groups in total. The minimum Gasteiger partial charge on any atom is -0.0622 e. The van der Waals surface area contributed by atoms with Crippen molar-refractivity contribution < 1.29 is 0 Å². The molecule has 0 radical (unpaired) electrons. The van der Waals surface area contributed by atoms with Gasteiger partial charge in [-0.1, -0.05) is 27.7 Å². The highest BCUT2D eigenvalue weighted by atomic mass is 14.6. The summed E-state index contributed by atoms with van der Waals surface area (Å²) in [5.41, 5.74) is 0.707. The molecule has 2 aliphatic carbocycles. The van der Waals surface area contributed by atoms with Gasteiger partial charge in [0.05, 0.1) is 0 Å². The average Bonchev–Trinajstić information content (AvgIpc) is 2.38. The lowest BCUT2D eigenvalue weighted by molar-refractivity contribution is 0.172. The van der Waals surface area contributed by atoms with Crippen molar-refractivity contribution in [3.63, 3.8) is 0 Å². The number of hydrogen-bond donors (Lipinski definition) is 0. The second-order valence-electron chi connectivity index (χ2n) is 5.66. The van der Waals surface area contributed by atoms with Crippen LogP contribution in [-0.2, 0) is 0 Å². The van der Waals surface area contributed by atoms with Crippen LogP contribution in [0, 0.1) is 29.1 Å². The Kier molecular flexibility index (Phi) is 1.79. The van der Waals surface area contributed by atoms with Gasteiger partial charge in [0, 0.05) is 0 Å². The zero-order valence-electron chi connectivity index (χ0n) is 8.93. The summed E-state index contributed by atoms with van der Waals surface area (Å²) in [5.74, 6) is 3.99. The minimum atomic E-state index is 0.707. The van der Waals surface area contributed by atoms with Gasteiger partial charge in [0.25, 0.3) is 0 Å². The van der Waals surface area contributed by atoms with Gasteiger partial charge < -0.3 is 0 Å². The highest BCUT2D eigenvalue weighted by Gasteiger charge is 2.53. The van der Waals surface area contributed by atoms with E-state index in [0.717, 1.165) is 23.7 Å². The van der Waals surface area contributed by atoms with E-state index in [0.29, 0.717) is 5.41 Å². The summed E-state index contributed by atoms with van der Waals surface area (Å²) in [5, 5.41) is 0. The second kappa shape index (κ2) is 2.49. The van der Waals surface area contributed by atoms with E-state index in [9.17, 15) is 0 Å². The lowest BCUT2D eigenvalue weighted by atomic mass is 9.74. The predicted octanol–water partition coefficient (Wildman–Crippen LogP) is 3.71. The summed E-state index contributed by atoms with van der Waals surface area (Å²) in [6.45, 7) is 9.93. The lowest BCUT2D eigenvalue weighted by Gasteiger charge is -2.31. The number of fused-ring (bicyclic) bond motifs is 1. The van der Waals surface area contributed by atoms with E-state index in [1.54, 1.807) is 0 Å². The van der Waals surface area contributed by atoms with Crippen LogP contribution in [0.15, 0.2) is 0 Å². The summed E-state index contributed by atoms with van der Waals surface area (Å²) >= 11 is 0. The van der Waals surface area contributed by atoms with E-state index >= 15 is 0 Å². The van der Waals surface area contributed by atoms with Crippen LogP contribution in [-0.4, -0.2) is 0 Å². The Morgan fingerprint density at radius 1 is 1.08 bits per heavy atom. The third kappa shape index (κ3) is 0.900. The molecule has 2 fully saturated rings. The van der Waals surface area contributed by atoms with E-state index in [2.05, 4.69) is 27.7 Å². The first-order chi connectivity index (χ1) is 5.55. The molecule has 0 nitrogen and oxygen atoms in total. The van der Waals surface area contributed by atoms with Crippen molar-refractivity contribution in [1.82, 2.24) is 0 Å². The topological polar surface area (TPSA) is 0 Å². The van der Waals surface area contributed by atoms with Gasteiger partial charge in [0.1, 0.15) is 0 Å². The zero-order chi connectivity index (χ0) is 8.93. The van der Waals surface area contributed by atoms with Crippen molar-refractivity contribution in [2.75, 3.05) is 0 Å². The van der Waals surface area contributed by atoms with E-state index in [1.165, 1.54) is 19.3 Å². The van der Waals surface area contributed by atoms with Gasteiger partial charge in [-0.25, -0.2) is 0 Å². The van der Waals surface area contributed by atoms with Crippen LogP contribution in [0.2, 0.25) is 0 Å². The quantitative estimate of drug-likeness (QED) is 0.514. The fourth-order valence-corrected chi connectivity index (χ4v) is 4.29. The van der Waals surface area contributed by atoms with Crippen molar-refractivity contribution in [2.45, 2.75) is 47.0 Å². The fraction of sp³-hybridized carbons (Fsp3) is 1.00. The van der Waals surface area contributed by atoms with Gasteiger partial charge in [0.2, 0.25) is 0 Å². The van der Waals surface area contributed by atoms with Crippen molar-refractivity contribution in [1.29, 1.82) is 0 Å². The van der Waals surface area contributed by atoms with Crippen LogP contribution in [0.4, 0.5) is 0 Å². The van der Waals surface area contributed by atoms with E-state index in [1.807, 2.05) is 0 Å². The molecule has 0 aromatic carbocycles. The fourth-order valence-electron chi connectivity index (χ4n) is 4.29. The van der Waals surface area contributed by atoms with Crippen molar-refractivity contribution in [3.05, 3.63) is 0 Å². The van der Waals surface area contributed by atoms with E-state index < -0.39 is 0 Å². The largest absolute Gasteiger partial charge is 0.0622 e. The highest BCUT2D eigenvalue weighted by molar-refractivity contribution is 5.02. The monoisotopic (exact) mass is 166 g/mol. The first kappa shape index (κ1) is 8.59. The Labute approximate surface area is 76.7 Å². The first-order valence-corrected chi connectivity index (χ1v) is 5.55. The number of hydrogen-bond acceptors (Lipinski definition) is 0. The Balaban J connectivity index is 2.28. The molecule has 0 amide bonds. The molecule has 0 spiro atoms. The summed E-state index contributed by atoms with van der Waals surface area (Å²) in [7, 11) is 0. The third-order valence-electron chi connectivity index (χ3n) is 4.98. The molecule has 0 saturated heterocycles. The van der Waals surface area contributed by atoms with E-state index in [-0.39, 0.29) is 0 Å². The number of rotatable bonds is 0. The Bertz CT molecular complexity index is 184. The molecule has 5 atom stereocenters. The summed E-state index contributed by atoms with van der Waals surface area (Å²) in [4.78, 5) is 0. The minimum absolute atomic E-state index is 0.707. The van der Waals surface area contributed by atoms with Crippen molar-refractivity contribution in [2.24, 2.45) is 29.1 Å². The van der Waals surface area contributed by atoms with Crippen LogP contribution in [0.3, 0.4) is 0 Å². The average molecular weight is 166 g/mol. The molecular weight excluding hydrogens is 144 g/mol. The van der Waals surface area contributed by atoms with Crippen LogP contribution in [0.1, 0.15) is 47.0 Å². The summed E-state index contributed by atoms with van der Waals surface area (Å²) < 4.78 is 0. The highest BCUT2D eigenvalue weighted by Crippen LogP contribution is 2.61. The lowest BCUT2D eigenvalue weighted by Crippen LogP contribution is -2.25. The van der Waals surface area contributed by atoms with Crippen LogP contribution in [0.25, 0.3) is 0 Å². The van der Waals surface area contributed by atoms with Crippen LogP contribution in [0.5, 0.6) is 0 Å². The Morgan fingerprint density at radius 3 is 2.33 bits per heavy atom. The second-order valence-corrected chi connectivity index (χ2v) is 5.66. The smallest absolute Gasteiger partial charge is 0.0267 e. The van der Waals surface area contributed by atoms with Gasteiger partial charge >= 0.3 is 0 Å². The van der Waals surface area contributed by atoms with Gasteiger partial charge in [-0.15, -0.1) is 0 Å². The molecule has 0 aliphatic heterocycles. The maximum atomic E-state index is 2.54. The molecule has 5 unspecified atom stereocenters. The zero-order valence-corrected chi connectivity index (χ0v) is 8.93. The molecular formula is C12H22. The SMILES string of the molecule is CC1CCC2(C)C(C)CC(C)C12. The predicted molar refractivity (Wildman–Crippen MR) is 52.9 cm³/mol. The van der Waals surface area contributed by atoms with Crippen molar-refractivity contribution in [3.8, 4) is 0 Å². The van der Waals surface area contributed by atoms with Crippen LogP contribution < -0.4 is 0 Å². The van der Waals surface area contributed by atoms with Gasteiger partial charge in [-0.3, -0.25) is 0 Å².